The first-order chi connectivity index (χ1) is 14.0. The summed E-state index contributed by atoms with van der Waals surface area (Å²) in [5.74, 6) is -1.81. The molecule has 1 atom stereocenters. The minimum atomic E-state index is -0.879. The summed E-state index contributed by atoms with van der Waals surface area (Å²) in [5.41, 5.74) is 2.65. The van der Waals surface area contributed by atoms with E-state index in [1.54, 1.807) is 67.7 Å². The lowest BCUT2D eigenvalue weighted by Gasteiger charge is -2.08. The van der Waals surface area contributed by atoms with Crippen LogP contribution >= 0.6 is 0 Å². The molecule has 2 N–H and O–H groups in total. The lowest BCUT2D eigenvalue weighted by atomic mass is 9.99. The number of unbranched alkanes of at least 4 members (excludes halogenated alkanes) is 1. The molecule has 0 spiro atoms. The van der Waals surface area contributed by atoms with Crippen molar-refractivity contribution in [3.8, 4) is 28.1 Å². The molecule has 0 aliphatic heterocycles. The SMILES string of the molecule is CC(O)CCCC=Cc1ccc(-c2ccc(-c3ccc(O)nc3)cc2)c(F)c1F. The molecule has 1 heterocycles. The molecule has 3 aromatic rings. The molecule has 0 saturated heterocycles. The number of allylic oxidation sites excluding steroid dienone is 1. The molecular formula is C24H23F2NO2. The van der Waals surface area contributed by atoms with Gasteiger partial charge in [-0.2, -0.15) is 0 Å². The number of aromatic hydroxyl groups is 1. The Kier molecular flexibility index (Phi) is 6.73. The van der Waals surface area contributed by atoms with Crippen molar-refractivity contribution in [3.05, 3.63) is 78.0 Å². The van der Waals surface area contributed by atoms with Gasteiger partial charge in [0.1, 0.15) is 0 Å². The minimum Gasteiger partial charge on any atom is -0.493 e. The summed E-state index contributed by atoms with van der Waals surface area (Å²) < 4.78 is 29.1. The van der Waals surface area contributed by atoms with Gasteiger partial charge in [0.15, 0.2) is 11.6 Å². The van der Waals surface area contributed by atoms with E-state index in [4.69, 9.17) is 0 Å². The third-order valence-corrected chi connectivity index (χ3v) is 4.68. The third kappa shape index (κ3) is 5.27. The van der Waals surface area contributed by atoms with Gasteiger partial charge in [-0.3, -0.25) is 0 Å². The van der Waals surface area contributed by atoms with Gasteiger partial charge >= 0.3 is 0 Å². The molecule has 0 bridgehead atoms. The highest BCUT2D eigenvalue weighted by Gasteiger charge is 2.13. The Hall–Kier alpha value is -3.05. The summed E-state index contributed by atoms with van der Waals surface area (Å²) in [6.07, 6.45) is 6.73. The highest BCUT2D eigenvalue weighted by molar-refractivity contribution is 5.71. The van der Waals surface area contributed by atoms with E-state index in [9.17, 15) is 19.0 Å². The number of pyridine rings is 1. The second-order valence-corrected chi connectivity index (χ2v) is 7.00. The van der Waals surface area contributed by atoms with E-state index < -0.39 is 11.6 Å². The number of aliphatic hydroxyl groups excluding tert-OH is 1. The van der Waals surface area contributed by atoms with E-state index in [0.29, 0.717) is 18.4 Å². The lowest BCUT2D eigenvalue weighted by Crippen LogP contribution is -1.97. The second kappa shape index (κ2) is 9.43. The topological polar surface area (TPSA) is 53.4 Å². The maximum atomic E-state index is 14.6. The normalized spacial score (nSPS) is 12.4. The van der Waals surface area contributed by atoms with Crippen molar-refractivity contribution in [2.45, 2.75) is 32.3 Å². The number of rotatable bonds is 7. The van der Waals surface area contributed by atoms with Crippen molar-refractivity contribution in [2.24, 2.45) is 0 Å². The van der Waals surface area contributed by atoms with Gasteiger partial charge in [0.05, 0.1) is 6.10 Å². The quantitative estimate of drug-likeness (QED) is 0.485. The number of nitrogens with zero attached hydrogens (tertiary/aromatic N) is 1. The Morgan fingerprint density at radius 3 is 2.28 bits per heavy atom. The van der Waals surface area contributed by atoms with Crippen LogP contribution in [-0.4, -0.2) is 21.3 Å². The number of hydrogen-bond donors (Lipinski definition) is 2. The zero-order chi connectivity index (χ0) is 20.8. The summed E-state index contributed by atoms with van der Waals surface area (Å²) in [6.45, 7) is 1.73. The lowest BCUT2D eigenvalue weighted by molar-refractivity contribution is 0.182. The highest BCUT2D eigenvalue weighted by Crippen LogP contribution is 2.29. The Morgan fingerprint density at radius 1 is 0.931 bits per heavy atom. The van der Waals surface area contributed by atoms with Crippen LogP contribution in [0.15, 0.2) is 60.8 Å². The average Bonchev–Trinajstić information content (AvgIpc) is 2.71. The van der Waals surface area contributed by atoms with Crippen molar-refractivity contribution in [1.29, 1.82) is 0 Å². The molecule has 0 fully saturated rings. The molecule has 2 aromatic carbocycles. The van der Waals surface area contributed by atoms with Crippen molar-refractivity contribution in [1.82, 2.24) is 4.98 Å². The fourth-order valence-corrected chi connectivity index (χ4v) is 3.06. The molecule has 29 heavy (non-hydrogen) atoms. The van der Waals surface area contributed by atoms with Crippen molar-refractivity contribution < 1.29 is 19.0 Å². The number of benzene rings is 2. The van der Waals surface area contributed by atoms with Crippen LogP contribution in [0, 0.1) is 11.6 Å². The van der Waals surface area contributed by atoms with Gasteiger partial charge in [0.2, 0.25) is 5.88 Å². The van der Waals surface area contributed by atoms with Crippen LogP contribution in [0.2, 0.25) is 0 Å². The van der Waals surface area contributed by atoms with E-state index in [1.807, 2.05) is 0 Å². The van der Waals surface area contributed by atoms with Gasteiger partial charge in [0.25, 0.3) is 0 Å². The van der Waals surface area contributed by atoms with Gasteiger partial charge in [-0.1, -0.05) is 48.6 Å². The minimum absolute atomic E-state index is 0.0555. The van der Waals surface area contributed by atoms with Gasteiger partial charge in [0, 0.05) is 29.0 Å². The molecule has 150 valence electrons. The van der Waals surface area contributed by atoms with Crippen LogP contribution < -0.4 is 0 Å². The molecule has 1 unspecified atom stereocenters. The first kappa shape index (κ1) is 20.7. The molecule has 0 aliphatic rings. The summed E-state index contributed by atoms with van der Waals surface area (Å²) in [5, 5.41) is 18.5. The third-order valence-electron chi connectivity index (χ3n) is 4.68. The van der Waals surface area contributed by atoms with Crippen LogP contribution in [-0.2, 0) is 0 Å². The molecule has 5 heteroatoms. The molecule has 3 nitrogen and oxygen atoms in total. The molecular weight excluding hydrogens is 372 g/mol. The predicted molar refractivity (Wildman–Crippen MR) is 111 cm³/mol. The molecule has 1 aromatic heterocycles. The molecule has 3 rings (SSSR count). The van der Waals surface area contributed by atoms with Crippen LogP contribution in [0.25, 0.3) is 28.3 Å². The van der Waals surface area contributed by atoms with E-state index >= 15 is 0 Å². The van der Waals surface area contributed by atoms with E-state index in [0.717, 1.165) is 17.5 Å². The van der Waals surface area contributed by atoms with Crippen molar-refractivity contribution >= 4 is 6.08 Å². The van der Waals surface area contributed by atoms with Gasteiger partial charge in [-0.25, -0.2) is 13.8 Å². The van der Waals surface area contributed by atoms with Gasteiger partial charge in [-0.05, 0) is 43.4 Å². The summed E-state index contributed by atoms with van der Waals surface area (Å²) in [4.78, 5) is 3.84. The number of halogens is 2. The van der Waals surface area contributed by atoms with Crippen LogP contribution in [0.5, 0.6) is 5.88 Å². The molecule has 0 aliphatic carbocycles. The van der Waals surface area contributed by atoms with Crippen molar-refractivity contribution in [2.75, 3.05) is 0 Å². The molecule has 0 amide bonds. The highest BCUT2D eigenvalue weighted by atomic mass is 19.2. The Morgan fingerprint density at radius 2 is 1.62 bits per heavy atom. The Balaban J connectivity index is 1.76. The summed E-state index contributed by atoms with van der Waals surface area (Å²) >= 11 is 0. The average molecular weight is 395 g/mol. The Labute approximate surface area is 169 Å². The van der Waals surface area contributed by atoms with E-state index in [2.05, 4.69) is 4.98 Å². The first-order valence-electron chi connectivity index (χ1n) is 9.54. The van der Waals surface area contributed by atoms with E-state index in [1.165, 1.54) is 6.07 Å². The zero-order valence-corrected chi connectivity index (χ0v) is 16.1. The van der Waals surface area contributed by atoms with Gasteiger partial charge < -0.3 is 10.2 Å². The number of hydrogen-bond acceptors (Lipinski definition) is 3. The monoisotopic (exact) mass is 395 g/mol. The molecule has 0 radical (unpaired) electrons. The zero-order valence-electron chi connectivity index (χ0n) is 16.1. The van der Waals surface area contributed by atoms with Crippen LogP contribution in [0.1, 0.15) is 31.7 Å². The smallest absolute Gasteiger partial charge is 0.210 e. The van der Waals surface area contributed by atoms with Crippen LogP contribution in [0.4, 0.5) is 8.78 Å². The van der Waals surface area contributed by atoms with Gasteiger partial charge in [-0.15, -0.1) is 0 Å². The van der Waals surface area contributed by atoms with E-state index in [-0.39, 0.29) is 23.1 Å². The number of aliphatic hydroxyl groups is 1. The summed E-state index contributed by atoms with van der Waals surface area (Å²) in [7, 11) is 0. The predicted octanol–water partition coefficient (Wildman–Crippen LogP) is 5.96. The standard InChI is InChI=1S/C24H23F2NO2/c1-16(28)5-3-2-4-6-19-11-13-21(24(26)23(19)25)18-9-7-17(8-10-18)20-12-14-22(29)27-15-20/h4,6-16,28H,2-3,5H2,1H3,(H,27,29). The maximum absolute atomic E-state index is 14.6. The molecule has 0 saturated carbocycles. The first-order valence-corrected chi connectivity index (χ1v) is 9.54. The van der Waals surface area contributed by atoms with Crippen molar-refractivity contribution in [3.63, 3.8) is 0 Å². The second-order valence-electron chi connectivity index (χ2n) is 7.00. The fourth-order valence-electron chi connectivity index (χ4n) is 3.06. The Bertz CT molecular complexity index is 981. The maximum Gasteiger partial charge on any atom is 0.210 e. The van der Waals surface area contributed by atoms with Crippen LogP contribution in [0.3, 0.4) is 0 Å². The largest absolute Gasteiger partial charge is 0.493 e. The number of aromatic nitrogens is 1. The summed E-state index contributed by atoms with van der Waals surface area (Å²) in [6, 6.07) is 13.4. The fraction of sp³-hybridized carbons (Fsp3) is 0.208.